The Morgan fingerprint density at radius 1 is 1.31 bits per heavy atom. The Hall–Kier alpha value is -0.920. The van der Waals surface area contributed by atoms with E-state index in [4.69, 9.17) is 0 Å². The Kier molecular flexibility index (Phi) is 4.44. The Balaban J connectivity index is 2.44. The molecule has 1 aromatic carbocycles. The Labute approximate surface area is 80.5 Å². The molecule has 0 aliphatic rings. The fourth-order valence-electron chi connectivity index (χ4n) is 0.848. The molecule has 0 saturated carbocycles. The molecule has 0 fully saturated rings. The third kappa shape index (κ3) is 4.02. The SMILES string of the molecule is CNPN/N=C/c1ccc(C)cc1. The predicted octanol–water partition coefficient (Wildman–Crippen LogP) is 1.65. The summed E-state index contributed by atoms with van der Waals surface area (Å²) in [6.07, 6.45) is 1.81. The van der Waals surface area contributed by atoms with Gasteiger partial charge in [-0.3, -0.25) is 10.3 Å². The van der Waals surface area contributed by atoms with Crippen LogP contribution >= 0.6 is 8.88 Å². The van der Waals surface area contributed by atoms with Gasteiger partial charge in [0.25, 0.3) is 0 Å². The molecule has 1 rings (SSSR count). The molecular formula is C9H14N3P. The Morgan fingerprint density at radius 3 is 2.62 bits per heavy atom. The minimum atomic E-state index is 0.466. The fraction of sp³-hybridized carbons (Fsp3) is 0.222. The first kappa shape index (κ1) is 10.2. The molecule has 0 heterocycles. The highest BCUT2D eigenvalue weighted by molar-refractivity contribution is 7.33. The summed E-state index contributed by atoms with van der Waals surface area (Å²) in [4.78, 5) is 0. The molecule has 0 aliphatic heterocycles. The highest BCUT2D eigenvalue weighted by atomic mass is 31.1. The molecule has 0 aromatic heterocycles. The van der Waals surface area contributed by atoms with Gasteiger partial charge in [0.05, 0.1) is 15.1 Å². The fourth-order valence-corrected chi connectivity index (χ4v) is 1.09. The minimum absolute atomic E-state index is 0.466. The van der Waals surface area contributed by atoms with E-state index in [1.54, 1.807) is 0 Å². The van der Waals surface area contributed by atoms with Crippen molar-refractivity contribution in [2.24, 2.45) is 5.10 Å². The molecule has 13 heavy (non-hydrogen) atoms. The first-order valence-electron chi connectivity index (χ1n) is 4.09. The average molecular weight is 195 g/mol. The molecule has 70 valence electrons. The average Bonchev–Trinajstić information content (AvgIpc) is 2.15. The van der Waals surface area contributed by atoms with Crippen LogP contribution in [0.2, 0.25) is 0 Å². The van der Waals surface area contributed by atoms with Crippen LogP contribution in [0.3, 0.4) is 0 Å². The van der Waals surface area contributed by atoms with Crippen molar-refractivity contribution >= 4 is 15.1 Å². The Bertz CT molecular complexity index is 269. The van der Waals surface area contributed by atoms with Crippen molar-refractivity contribution in [2.75, 3.05) is 7.05 Å². The maximum absolute atomic E-state index is 4.04. The summed E-state index contributed by atoms with van der Waals surface area (Å²) >= 11 is 0. The van der Waals surface area contributed by atoms with Gasteiger partial charge in [0, 0.05) is 0 Å². The van der Waals surface area contributed by atoms with Crippen LogP contribution in [0.5, 0.6) is 0 Å². The molecule has 0 spiro atoms. The zero-order valence-electron chi connectivity index (χ0n) is 7.83. The van der Waals surface area contributed by atoms with Crippen molar-refractivity contribution in [3.63, 3.8) is 0 Å². The Morgan fingerprint density at radius 2 is 2.00 bits per heavy atom. The van der Waals surface area contributed by atoms with E-state index in [9.17, 15) is 0 Å². The third-order valence-corrected chi connectivity index (χ3v) is 2.03. The summed E-state index contributed by atoms with van der Waals surface area (Å²) in [7, 11) is 2.35. The lowest BCUT2D eigenvalue weighted by atomic mass is 10.2. The van der Waals surface area contributed by atoms with Gasteiger partial charge in [0.15, 0.2) is 0 Å². The van der Waals surface area contributed by atoms with Crippen molar-refractivity contribution in [3.8, 4) is 0 Å². The number of rotatable bonds is 4. The standard InChI is InChI=1S/C9H14N3P/c1-8-3-5-9(6-4-8)7-11-12-13-10-2/h3-7,10,12-13H,1-2H3/b11-7+. The van der Waals surface area contributed by atoms with Gasteiger partial charge in [-0.25, -0.2) is 0 Å². The predicted molar refractivity (Wildman–Crippen MR) is 59.3 cm³/mol. The smallest absolute Gasteiger partial charge is 0.0638 e. The van der Waals surface area contributed by atoms with E-state index in [1.807, 2.05) is 25.4 Å². The summed E-state index contributed by atoms with van der Waals surface area (Å²) in [5, 5.41) is 9.89. The number of hydrogen-bond acceptors (Lipinski definition) is 3. The number of nitrogens with zero attached hydrogens (tertiary/aromatic N) is 1. The van der Waals surface area contributed by atoms with E-state index < -0.39 is 0 Å². The lowest BCUT2D eigenvalue weighted by Gasteiger charge is -1.96. The topological polar surface area (TPSA) is 36.4 Å². The van der Waals surface area contributed by atoms with Gasteiger partial charge in [-0.1, -0.05) is 29.8 Å². The molecule has 1 aromatic rings. The molecule has 0 saturated heterocycles. The van der Waals surface area contributed by atoms with Gasteiger partial charge in [0.1, 0.15) is 0 Å². The highest BCUT2D eigenvalue weighted by Crippen LogP contribution is 2.00. The molecule has 0 aliphatic carbocycles. The zero-order valence-corrected chi connectivity index (χ0v) is 8.83. The van der Waals surface area contributed by atoms with Crippen LogP contribution < -0.4 is 10.3 Å². The van der Waals surface area contributed by atoms with E-state index >= 15 is 0 Å². The number of aryl methyl sites for hydroxylation is 1. The summed E-state index contributed by atoms with van der Waals surface area (Å²) in [5.74, 6) is 0. The summed E-state index contributed by atoms with van der Waals surface area (Å²) in [5.41, 5.74) is 2.38. The third-order valence-electron chi connectivity index (χ3n) is 1.54. The lowest BCUT2D eigenvalue weighted by Crippen LogP contribution is -1.99. The minimum Gasteiger partial charge on any atom is -0.284 e. The van der Waals surface area contributed by atoms with Crippen LogP contribution in [0.25, 0.3) is 0 Å². The molecule has 1 atom stereocenters. The van der Waals surface area contributed by atoms with Gasteiger partial charge >= 0.3 is 0 Å². The maximum Gasteiger partial charge on any atom is 0.0638 e. The molecule has 3 nitrogen and oxygen atoms in total. The monoisotopic (exact) mass is 195 g/mol. The van der Waals surface area contributed by atoms with Gasteiger partial charge in [-0.15, -0.1) is 0 Å². The van der Waals surface area contributed by atoms with Gasteiger partial charge in [0.2, 0.25) is 0 Å². The molecule has 0 radical (unpaired) electrons. The molecule has 0 bridgehead atoms. The highest BCUT2D eigenvalue weighted by Gasteiger charge is 1.85. The van der Waals surface area contributed by atoms with Gasteiger partial charge in [-0.2, -0.15) is 5.10 Å². The van der Waals surface area contributed by atoms with E-state index in [2.05, 4.69) is 34.4 Å². The normalized spacial score (nSPS) is 11.5. The number of hydrogen-bond donors (Lipinski definition) is 2. The second kappa shape index (κ2) is 5.68. The van der Waals surface area contributed by atoms with Crippen LogP contribution in [0.4, 0.5) is 0 Å². The van der Waals surface area contributed by atoms with Crippen molar-refractivity contribution in [2.45, 2.75) is 6.92 Å². The zero-order chi connectivity index (χ0) is 9.52. The molecule has 1 unspecified atom stereocenters. The number of nitrogens with one attached hydrogen (secondary N) is 2. The second-order valence-corrected chi connectivity index (χ2v) is 3.63. The molecular weight excluding hydrogens is 181 g/mol. The first-order chi connectivity index (χ1) is 6.33. The van der Waals surface area contributed by atoms with Crippen LogP contribution in [0.15, 0.2) is 29.4 Å². The quantitative estimate of drug-likeness (QED) is 0.331. The van der Waals surface area contributed by atoms with Crippen LogP contribution in [-0.4, -0.2) is 13.3 Å². The summed E-state index contributed by atoms with van der Waals surface area (Å²) < 4.78 is 0. The van der Waals surface area contributed by atoms with Gasteiger partial charge in [-0.05, 0) is 19.5 Å². The molecule has 2 N–H and O–H groups in total. The number of benzene rings is 1. The second-order valence-electron chi connectivity index (χ2n) is 2.66. The van der Waals surface area contributed by atoms with Crippen molar-refractivity contribution in [1.82, 2.24) is 10.3 Å². The van der Waals surface area contributed by atoms with Crippen LogP contribution in [-0.2, 0) is 0 Å². The van der Waals surface area contributed by atoms with Crippen molar-refractivity contribution < 1.29 is 0 Å². The summed E-state index contributed by atoms with van der Waals surface area (Å²) in [6.45, 7) is 2.07. The van der Waals surface area contributed by atoms with Crippen molar-refractivity contribution in [1.29, 1.82) is 0 Å². The van der Waals surface area contributed by atoms with E-state index in [0.717, 1.165) is 5.56 Å². The molecule has 0 amide bonds. The number of hydrazone groups is 1. The summed E-state index contributed by atoms with van der Waals surface area (Å²) in [6, 6.07) is 8.23. The first-order valence-corrected chi connectivity index (χ1v) is 5.09. The largest absolute Gasteiger partial charge is 0.284 e. The van der Waals surface area contributed by atoms with E-state index in [0.29, 0.717) is 8.88 Å². The van der Waals surface area contributed by atoms with Crippen LogP contribution in [0.1, 0.15) is 11.1 Å². The van der Waals surface area contributed by atoms with E-state index in [1.165, 1.54) is 5.56 Å². The van der Waals surface area contributed by atoms with E-state index in [-0.39, 0.29) is 0 Å². The molecule has 4 heteroatoms. The van der Waals surface area contributed by atoms with Crippen LogP contribution in [0, 0.1) is 6.92 Å². The van der Waals surface area contributed by atoms with Gasteiger partial charge < -0.3 is 0 Å². The van der Waals surface area contributed by atoms with Crippen molar-refractivity contribution in [3.05, 3.63) is 35.4 Å². The lowest BCUT2D eigenvalue weighted by molar-refractivity contribution is 1.08. The maximum atomic E-state index is 4.04.